The molecule has 2 rings (SSSR count). The van der Waals surface area contributed by atoms with Crippen molar-refractivity contribution in [3.8, 4) is 5.75 Å². The lowest BCUT2D eigenvalue weighted by molar-refractivity contribution is -0.122. The minimum atomic E-state index is 0.0408. The number of likely N-dealkylation sites (N-methyl/N-ethyl adjacent to an activating group) is 1. The number of amides is 1. The van der Waals surface area contributed by atoms with Crippen LogP contribution in [0.3, 0.4) is 0 Å². The first kappa shape index (κ1) is 19.6. The van der Waals surface area contributed by atoms with E-state index in [1.54, 1.807) is 4.90 Å². The quantitative estimate of drug-likeness (QED) is 0.682. The Morgan fingerprint density at radius 2 is 2.00 bits per heavy atom. The molecule has 0 unspecified atom stereocenters. The van der Waals surface area contributed by atoms with Gasteiger partial charge in [0.15, 0.2) is 5.17 Å². The van der Waals surface area contributed by atoms with Gasteiger partial charge in [-0.05, 0) is 80.3 Å². The first-order valence-electron chi connectivity index (χ1n) is 8.96. The zero-order chi connectivity index (χ0) is 18.6. The Hall–Kier alpha value is -1.75. The van der Waals surface area contributed by atoms with E-state index in [-0.39, 0.29) is 5.91 Å². The molecule has 0 bridgehead atoms. The molecule has 0 radical (unpaired) electrons. The largest absolute Gasteiger partial charge is 0.494 e. The maximum atomic E-state index is 12.7. The summed E-state index contributed by atoms with van der Waals surface area (Å²) in [4.78, 5) is 19.6. The number of ether oxygens (including phenoxy) is 1. The van der Waals surface area contributed by atoms with Gasteiger partial charge in [-0.3, -0.25) is 14.7 Å². The fraction of sp³-hybridized carbons (Fsp3) is 0.500. The topological polar surface area (TPSA) is 41.9 Å². The molecule has 0 spiro atoms. The van der Waals surface area contributed by atoms with Gasteiger partial charge in [-0.2, -0.15) is 0 Å². The summed E-state index contributed by atoms with van der Waals surface area (Å²) in [7, 11) is 0. The highest BCUT2D eigenvalue weighted by atomic mass is 32.2. The van der Waals surface area contributed by atoms with Crippen molar-refractivity contribution in [1.82, 2.24) is 4.90 Å². The Bertz CT molecular complexity index is 708. The molecule has 136 valence electrons. The van der Waals surface area contributed by atoms with E-state index in [0.29, 0.717) is 25.6 Å². The van der Waals surface area contributed by atoms with Gasteiger partial charge in [-0.1, -0.05) is 13.8 Å². The minimum absolute atomic E-state index is 0.0408. The maximum Gasteiger partial charge on any atom is 0.266 e. The van der Waals surface area contributed by atoms with Crippen LogP contribution >= 0.6 is 11.8 Å². The molecule has 1 saturated heterocycles. The van der Waals surface area contributed by atoms with Crippen molar-refractivity contribution in [3.05, 3.63) is 33.7 Å². The van der Waals surface area contributed by atoms with E-state index in [4.69, 9.17) is 4.74 Å². The Labute approximate surface area is 155 Å². The summed E-state index contributed by atoms with van der Waals surface area (Å²) in [5.41, 5.74) is 3.35. The molecule has 0 atom stereocenters. The van der Waals surface area contributed by atoms with E-state index >= 15 is 0 Å². The lowest BCUT2D eigenvalue weighted by atomic mass is 9.96. The highest BCUT2D eigenvalue weighted by molar-refractivity contribution is 8.18. The standard InChI is InChI=1S/C20H28N2O2S/c1-7-21-20-22(8-2)19(23)18(25-20)12-15-11-16(13(4)5)17(24-9-3)10-14(15)6/h10-13H,7-9H2,1-6H3/b18-12-,21-20?. The van der Waals surface area contributed by atoms with E-state index < -0.39 is 0 Å². The van der Waals surface area contributed by atoms with E-state index in [0.717, 1.165) is 26.9 Å². The van der Waals surface area contributed by atoms with Gasteiger partial charge in [0.05, 0.1) is 11.5 Å². The first-order valence-corrected chi connectivity index (χ1v) is 9.77. The molecular weight excluding hydrogens is 332 g/mol. The van der Waals surface area contributed by atoms with E-state index in [2.05, 4.69) is 37.9 Å². The summed E-state index contributed by atoms with van der Waals surface area (Å²) in [5, 5.41) is 0.800. The average Bonchev–Trinajstić information content (AvgIpc) is 2.85. The van der Waals surface area contributed by atoms with Crippen molar-refractivity contribution >= 4 is 28.9 Å². The number of aryl methyl sites for hydroxylation is 1. The fourth-order valence-electron chi connectivity index (χ4n) is 2.78. The van der Waals surface area contributed by atoms with Crippen LogP contribution in [0.25, 0.3) is 6.08 Å². The van der Waals surface area contributed by atoms with Crippen LogP contribution in [-0.4, -0.2) is 35.7 Å². The van der Waals surface area contributed by atoms with Gasteiger partial charge < -0.3 is 4.74 Å². The zero-order valence-corrected chi connectivity index (χ0v) is 16.9. The van der Waals surface area contributed by atoms with Crippen LogP contribution in [-0.2, 0) is 4.79 Å². The third-order valence-electron chi connectivity index (χ3n) is 4.10. The molecule has 4 nitrogen and oxygen atoms in total. The molecular formula is C20H28N2O2S. The summed E-state index contributed by atoms with van der Waals surface area (Å²) in [6.45, 7) is 14.3. The second kappa shape index (κ2) is 8.56. The van der Waals surface area contributed by atoms with Crippen LogP contribution in [0, 0.1) is 6.92 Å². The third-order valence-corrected chi connectivity index (χ3v) is 5.15. The van der Waals surface area contributed by atoms with Crippen molar-refractivity contribution in [2.75, 3.05) is 19.7 Å². The monoisotopic (exact) mass is 360 g/mol. The summed E-state index contributed by atoms with van der Waals surface area (Å²) in [6, 6.07) is 4.23. The van der Waals surface area contributed by atoms with Gasteiger partial charge in [0.2, 0.25) is 0 Å². The van der Waals surface area contributed by atoms with Gasteiger partial charge in [-0.15, -0.1) is 0 Å². The number of hydrogen-bond acceptors (Lipinski definition) is 4. The number of rotatable bonds is 6. The van der Waals surface area contributed by atoms with Crippen molar-refractivity contribution < 1.29 is 9.53 Å². The van der Waals surface area contributed by atoms with Crippen molar-refractivity contribution in [3.63, 3.8) is 0 Å². The SMILES string of the molecule is CCN=C1S/C(=C\c2cc(C(C)C)c(OCC)cc2C)C(=O)N1CC. The molecule has 0 N–H and O–H groups in total. The zero-order valence-electron chi connectivity index (χ0n) is 16.0. The maximum absolute atomic E-state index is 12.7. The van der Waals surface area contributed by atoms with Crippen LogP contribution in [0.5, 0.6) is 5.75 Å². The second-order valence-corrected chi connectivity index (χ2v) is 7.26. The van der Waals surface area contributed by atoms with Crippen LogP contribution in [0.4, 0.5) is 0 Å². The van der Waals surface area contributed by atoms with Crippen molar-refractivity contribution in [2.24, 2.45) is 4.99 Å². The van der Waals surface area contributed by atoms with Gasteiger partial charge in [0.25, 0.3) is 5.91 Å². The molecule has 1 aromatic rings. The van der Waals surface area contributed by atoms with Gasteiger partial charge >= 0.3 is 0 Å². The number of carbonyl (C=O) groups is 1. The Morgan fingerprint density at radius 1 is 1.28 bits per heavy atom. The second-order valence-electron chi connectivity index (χ2n) is 6.25. The van der Waals surface area contributed by atoms with Gasteiger partial charge in [0, 0.05) is 13.1 Å². The van der Waals surface area contributed by atoms with Gasteiger partial charge in [0.1, 0.15) is 5.75 Å². The average molecular weight is 361 g/mol. The summed E-state index contributed by atoms with van der Waals surface area (Å²) in [6.07, 6.45) is 1.99. The predicted molar refractivity (Wildman–Crippen MR) is 107 cm³/mol. The number of hydrogen-bond donors (Lipinski definition) is 0. The number of nitrogens with zero attached hydrogens (tertiary/aromatic N) is 2. The molecule has 1 aromatic carbocycles. The Balaban J connectivity index is 2.45. The van der Waals surface area contributed by atoms with E-state index in [1.165, 1.54) is 17.3 Å². The normalized spacial score (nSPS) is 18.0. The number of benzene rings is 1. The molecule has 1 aliphatic rings. The minimum Gasteiger partial charge on any atom is -0.494 e. The molecule has 1 aliphatic heterocycles. The molecule has 25 heavy (non-hydrogen) atoms. The molecule has 1 amide bonds. The summed E-state index contributed by atoms with van der Waals surface area (Å²) >= 11 is 1.46. The van der Waals surface area contributed by atoms with Crippen LogP contribution < -0.4 is 4.74 Å². The number of aliphatic imine (C=N–C) groups is 1. The molecule has 0 saturated carbocycles. The number of thioether (sulfide) groups is 1. The third kappa shape index (κ3) is 4.27. The number of carbonyl (C=O) groups excluding carboxylic acids is 1. The molecule has 1 fully saturated rings. The predicted octanol–water partition coefficient (Wildman–Crippen LogP) is 4.83. The molecule has 5 heteroatoms. The Morgan fingerprint density at radius 3 is 2.56 bits per heavy atom. The molecule has 1 heterocycles. The van der Waals surface area contributed by atoms with Crippen LogP contribution in [0.15, 0.2) is 22.0 Å². The van der Waals surface area contributed by atoms with Gasteiger partial charge in [-0.25, -0.2) is 0 Å². The van der Waals surface area contributed by atoms with Crippen molar-refractivity contribution in [2.45, 2.75) is 47.5 Å². The number of amidine groups is 1. The molecule has 0 aromatic heterocycles. The molecule has 0 aliphatic carbocycles. The first-order chi connectivity index (χ1) is 11.9. The van der Waals surface area contributed by atoms with E-state index in [9.17, 15) is 4.79 Å². The smallest absolute Gasteiger partial charge is 0.266 e. The van der Waals surface area contributed by atoms with Crippen LogP contribution in [0.1, 0.15) is 57.2 Å². The lowest BCUT2D eigenvalue weighted by Gasteiger charge is -2.16. The highest BCUT2D eigenvalue weighted by Gasteiger charge is 2.32. The fourth-order valence-corrected chi connectivity index (χ4v) is 3.88. The highest BCUT2D eigenvalue weighted by Crippen LogP contribution is 2.35. The van der Waals surface area contributed by atoms with Crippen LogP contribution in [0.2, 0.25) is 0 Å². The Kier molecular flexibility index (Phi) is 6.71. The summed E-state index contributed by atoms with van der Waals surface area (Å²) in [5.74, 6) is 1.33. The summed E-state index contributed by atoms with van der Waals surface area (Å²) < 4.78 is 5.79. The van der Waals surface area contributed by atoms with Crippen molar-refractivity contribution in [1.29, 1.82) is 0 Å². The van der Waals surface area contributed by atoms with E-state index in [1.807, 2.05) is 26.8 Å². The lowest BCUT2D eigenvalue weighted by Crippen LogP contribution is -2.28.